The molecule has 0 atom stereocenters. The summed E-state index contributed by atoms with van der Waals surface area (Å²) in [5.74, 6) is -0.0314. The lowest BCUT2D eigenvalue weighted by atomic mass is 10.0. The molecule has 3 aromatic rings. The molecule has 1 aromatic carbocycles. The lowest BCUT2D eigenvalue weighted by molar-refractivity contribution is -0.118. The number of rotatable bonds is 5. The molecule has 2 aromatic heterocycles. The van der Waals surface area contributed by atoms with Crippen molar-refractivity contribution in [2.24, 2.45) is 0 Å². The Morgan fingerprint density at radius 1 is 1.23 bits per heavy atom. The third-order valence-corrected chi connectivity index (χ3v) is 5.41. The first-order valence-corrected chi connectivity index (χ1v) is 9.02. The second-order valence-electron chi connectivity index (χ2n) is 6.13. The Bertz CT molecular complexity index is 958. The highest BCUT2D eigenvalue weighted by atomic mass is 32.1. The molecule has 0 aliphatic heterocycles. The zero-order chi connectivity index (χ0) is 18.1. The third kappa shape index (κ3) is 2.80. The van der Waals surface area contributed by atoms with E-state index in [0.717, 1.165) is 4.88 Å². The fourth-order valence-electron chi connectivity index (χ4n) is 2.88. The summed E-state index contributed by atoms with van der Waals surface area (Å²) in [6.45, 7) is 0. The molecule has 0 spiro atoms. The molecule has 1 saturated carbocycles. The molecule has 132 valence electrons. The van der Waals surface area contributed by atoms with Crippen molar-refractivity contribution in [3.05, 3.63) is 59.1 Å². The molecule has 6 nitrogen and oxygen atoms in total. The van der Waals surface area contributed by atoms with Crippen LogP contribution in [-0.4, -0.2) is 24.1 Å². The molecular formula is C19H16N2O4S. The molecule has 7 heteroatoms. The zero-order valence-corrected chi connectivity index (χ0v) is 14.8. The van der Waals surface area contributed by atoms with Crippen molar-refractivity contribution in [2.45, 2.75) is 18.3 Å². The largest absolute Gasteiger partial charge is 0.465 e. The molecule has 26 heavy (non-hydrogen) atoms. The number of esters is 1. The molecular weight excluding hydrogens is 352 g/mol. The smallest absolute Gasteiger partial charge is 0.339 e. The number of carbonyl (C=O) groups excluding carboxylic acids is 2. The Morgan fingerprint density at radius 2 is 2.04 bits per heavy atom. The number of benzene rings is 1. The van der Waals surface area contributed by atoms with Crippen LogP contribution in [0.3, 0.4) is 0 Å². The molecule has 0 radical (unpaired) electrons. The van der Waals surface area contributed by atoms with E-state index in [1.54, 1.807) is 35.6 Å². The number of ether oxygens (including phenoxy) is 1. The second kappa shape index (κ2) is 6.42. The fraction of sp³-hybridized carbons (Fsp3) is 0.211. The van der Waals surface area contributed by atoms with Crippen LogP contribution in [0.4, 0.5) is 5.69 Å². The van der Waals surface area contributed by atoms with Gasteiger partial charge >= 0.3 is 5.97 Å². The molecule has 0 unspecified atom stereocenters. The Balaban J connectivity index is 1.58. The van der Waals surface area contributed by atoms with E-state index in [-0.39, 0.29) is 5.91 Å². The van der Waals surface area contributed by atoms with Crippen molar-refractivity contribution < 1.29 is 18.8 Å². The Hall–Kier alpha value is -2.93. The molecule has 1 aliphatic rings. The summed E-state index contributed by atoms with van der Waals surface area (Å²) in [5.41, 5.74) is 0.660. The Morgan fingerprint density at radius 3 is 2.73 bits per heavy atom. The number of aromatic nitrogens is 1. The Kier molecular flexibility index (Phi) is 4.08. The maximum absolute atomic E-state index is 12.9. The molecule has 2 heterocycles. The number of nitrogens with zero attached hydrogens (tertiary/aromatic N) is 1. The first-order chi connectivity index (χ1) is 12.6. The minimum Gasteiger partial charge on any atom is -0.465 e. The van der Waals surface area contributed by atoms with Crippen LogP contribution >= 0.6 is 11.3 Å². The summed E-state index contributed by atoms with van der Waals surface area (Å²) in [6.07, 6.45) is 1.38. The molecule has 0 saturated heterocycles. The van der Waals surface area contributed by atoms with Crippen LogP contribution in [0, 0.1) is 0 Å². The van der Waals surface area contributed by atoms with Crippen molar-refractivity contribution in [1.82, 2.24) is 5.16 Å². The summed E-state index contributed by atoms with van der Waals surface area (Å²) in [6, 6.07) is 12.5. The van der Waals surface area contributed by atoms with Crippen molar-refractivity contribution in [2.75, 3.05) is 12.4 Å². The standard InChI is InChI=1S/C19H16N2O4S/c1-24-17(22)12-5-2-3-6-13(12)20-18(23)19(8-9-19)16-11-14(25-21-16)15-7-4-10-26-15/h2-7,10-11H,8-9H2,1H3,(H,20,23). The van der Waals surface area contributed by atoms with Gasteiger partial charge in [-0.1, -0.05) is 23.4 Å². The lowest BCUT2D eigenvalue weighted by Gasteiger charge is -2.14. The van der Waals surface area contributed by atoms with Gasteiger partial charge in [-0.3, -0.25) is 4.79 Å². The molecule has 0 bridgehead atoms. The average molecular weight is 368 g/mol. The topological polar surface area (TPSA) is 81.4 Å². The van der Waals surface area contributed by atoms with E-state index in [9.17, 15) is 9.59 Å². The minimum atomic E-state index is -0.706. The number of carbonyl (C=O) groups is 2. The van der Waals surface area contributed by atoms with Gasteiger partial charge in [0.05, 0.1) is 34.3 Å². The van der Waals surface area contributed by atoms with E-state index in [4.69, 9.17) is 9.26 Å². The second-order valence-corrected chi connectivity index (χ2v) is 7.07. The van der Waals surface area contributed by atoms with Crippen LogP contribution < -0.4 is 5.32 Å². The van der Waals surface area contributed by atoms with E-state index in [1.165, 1.54) is 7.11 Å². The predicted octanol–water partition coefficient (Wildman–Crippen LogP) is 3.86. The maximum atomic E-state index is 12.9. The number of thiophene rings is 1. The first kappa shape index (κ1) is 16.5. The van der Waals surface area contributed by atoms with Crippen LogP contribution in [0.5, 0.6) is 0 Å². The number of amides is 1. The highest BCUT2D eigenvalue weighted by Crippen LogP contribution is 2.49. The molecule has 1 amide bonds. The Labute approximate surface area is 153 Å². The fourth-order valence-corrected chi connectivity index (χ4v) is 3.56. The van der Waals surface area contributed by atoms with E-state index >= 15 is 0 Å². The molecule has 1 aliphatic carbocycles. The third-order valence-electron chi connectivity index (χ3n) is 4.53. The van der Waals surface area contributed by atoms with Crippen LogP contribution in [0.25, 0.3) is 10.6 Å². The van der Waals surface area contributed by atoms with Gasteiger partial charge < -0.3 is 14.6 Å². The van der Waals surface area contributed by atoms with Crippen molar-refractivity contribution in [3.8, 4) is 10.6 Å². The van der Waals surface area contributed by atoms with Gasteiger partial charge in [0, 0.05) is 6.07 Å². The van der Waals surface area contributed by atoms with Crippen LogP contribution in [0.15, 0.2) is 52.4 Å². The molecule has 1 N–H and O–H groups in total. The molecule has 1 fully saturated rings. The average Bonchev–Trinajstić information content (AvgIpc) is 3.08. The summed E-state index contributed by atoms with van der Waals surface area (Å²) >= 11 is 1.55. The maximum Gasteiger partial charge on any atom is 0.339 e. The highest BCUT2D eigenvalue weighted by molar-refractivity contribution is 7.13. The minimum absolute atomic E-state index is 0.195. The van der Waals surface area contributed by atoms with Crippen molar-refractivity contribution in [1.29, 1.82) is 0 Å². The summed E-state index contributed by atoms with van der Waals surface area (Å²) in [4.78, 5) is 25.8. The zero-order valence-electron chi connectivity index (χ0n) is 14.0. The summed E-state index contributed by atoms with van der Waals surface area (Å²) < 4.78 is 10.2. The summed E-state index contributed by atoms with van der Waals surface area (Å²) in [7, 11) is 1.31. The van der Waals surface area contributed by atoms with E-state index in [1.807, 2.05) is 23.6 Å². The van der Waals surface area contributed by atoms with Crippen molar-refractivity contribution in [3.63, 3.8) is 0 Å². The van der Waals surface area contributed by atoms with Crippen LogP contribution in [-0.2, 0) is 14.9 Å². The van der Waals surface area contributed by atoms with Crippen LogP contribution in [0.2, 0.25) is 0 Å². The number of hydrogen-bond acceptors (Lipinski definition) is 6. The summed E-state index contributed by atoms with van der Waals surface area (Å²) in [5, 5.41) is 8.93. The monoisotopic (exact) mass is 368 g/mol. The van der Waals surface area contributed by atoms with E-state index < -0.39 is 11.4 Å². The van der Waals surface area contributed by atoms with Crippen molar-refractivity contribution >= 4 is 28.9 Å². The molecule has 4 rings (SSSR count). The number of methoxy groups -OCH3 is 1. The quantitative estimate of drug-likeness (QED) is 0.692. The normalized spacial score (nSPS) is 14.7. The van der Waals surface area contributed by atoms with Gasteiger partial charge in [-0.2, -0.15) is 0 Å². The van der Waals surface area contributed by atoms with Gasteiger partial charge in [0.15, 0.2) is 5.76 Å². The van der Waals surface area contributed by atoms with Gasteiger partial charge in [-0.05, 0) is 36.4 Å². The number of para-hydroxylation sites is 1. The van der Waals surface area contributed by atoms with Gasteiger partial charge in [0.1, 0.15) is 0 Å². The van der Waals surface area contributed by atoms with Gasteiger partial charge in [0.2, 0.25) is 5.91 Å². The van der Waals surface area contributed by atoms with Gasteiger partial charge in [-0.15, -0.1) is 11.3 Å². The SMILES string of the molecule is COC(=O)c1ccccc1NC(=O)C1(c2cc(-c3cccs3)on2)CC1. The van der Waals surface area contributed by atoms with E-state index in [0.29, 0.717) is 35.5 Å². The number of nitrogens with one attached hydrogen (secondary N) is 1. The van der Waals surface area contributed by atoms with Gasteiger partial charge in [0.25, 0.3) is 0 Å². The highest BCUT2D eigenvalue weighted by Gasteiger charge is 2.54. The van der Waals surface area contributed by atoms with Gasteiger partial charge in [-0.25, -0.2) is 4.79 Å². The van der Waals surface area contributed by atoms with E-state index in [2.05, 4.69) is 10.5 Å². The number of hydrogen-bond donors (Lipinski definition) is 1. The van der Waals surface area contributed by atoms with Crippen LogP contribution in [0.1, 0.15) is 28.9 Å². The predicted molar refractivity (Wildman–Crippen MR) is 97.1 cm³/mol. The first-order valence-electron chi connectivity index (χ1n) is 8.14. The lowest BCUT2D eigenvalue weighted by Crippen LogP contribution is -2.29. The number of anilines is 1.